The highest BCUT2D eigenvalue weighted by Gasteiger charge is 1.93. The van der Waals surface area contributed by atoms with E-state index in [0.717, 1.165) is 11.1 Å². The predicted octanol–water partition coefficient (Wildman–Crippen LogP) is 2.26. The Morgan fingerprint density at radius 1 is 1.36 bits per heavy atom. The molecule has 0 atom stereocenters. The molecule has 0 unspecified atom stereocenters. The minimum Gasteiger partial charge on any atom is -0.512 e. The second-order valence-electron chi connectivity index (χ2n) is 2.65. The first-order chi connectivity index (χ1) is 4.95. The molecule has 2 nitrogen and oxygen atoms in total. The Morgan fingerprint density at radius 3 is 2.09 bits per heavy atom. The van der Waals surface area contributed by atoms with Gasteiger partial charge in [0.25, 0.3) is 0 Å². The van der Waals surface area contributed by atoms with Gasteiger partial charge in [-0.2, -0.15) is 0 Å². The highest BCUT2D eigenvalue weighted by molar-refractivity contribution is 5.31. The molecule has 0 aliphatic heterocycles. The van der Waals surface area contributed by atoms with Crippen molar-refractivity contribution in [2.24, 2.45) is 5.73 Å². The van der Waals surface area contributed by atoms with E-state index in [9.17, 15) is 0 Å². The minimum atomic E-state index is 0.286. The van der Waals surface area contributed by atoms with Crippen LogP contribution in [0.5, 0.6) is 0 Å². The number of hydrogen-bond donors (Lipinski definition) is 2. The average Bonchev–Trinajstić information content (AvgIpc) is 1.87. The summed E-state index contributed by atoms with van der Waals surface area (Å²) in [6.07, 6.45) is 1.71. The highest BCUT2D eigenvalue weighted by Crippen LogP contribution is 2.06. The first-order valence-corrected chi connectivity index (χ1v) is 3.44. The van der Waals surface area contributed by atoms with E-state index in [4.69, 9.17) is 10.8 Å². The maximum absolute atomic E-state index is 9.00. The molecule has 3 N–H and O–H groups in total. The van der Waals surface area contributed by atoms with Gasteiger partial charge < -0.3 is 10.8 Å². The molecule has 0 fully saturated rings. The molecule has 0 saturated heterocycles. The van der Waals surface area contributed by atoms with Crippen molar-refractivity contribution in [2.75, 3.05) is 0 Å². The maximum atomic E-state index is 9.00. The molecule has 0 aliphatic carbocycles. The second-order valence-corrected chi connectivity index (χ2v) is 2.65. The fourth-order valence-corrected chi connectivity index (χ4v) is 0.461. The summed E-state index contributed by atoms with van der Waals surface area (Å²) in [7, 11) is 0. The highest BCUT2D eigenvalue weighted by atomic mass is 16.3. The number of aliphatic hydroxyl groups excluding tert-OH is 1. The Labute approximate surface area is 67.7 Å². The molecule has 0 radical (unpaired) electrons. The van der Waals surface area contributed by atoms with Gasteiger partial charge in [-0.05, 0) is 38.0 Å². The Bertz CT molecular complexity index is 220. The van der Waals surface area contributed by atoms with Gasteiger partial charge in [-0.25, -0.2) is 0 Å². The zero-order valence-corrected chi connectivity index (χ0v) is 7.31. The normalized spacial score (nSPS) is 14.3. The van der Waals surface area contributed by atoms with Crippen molar-refractivity contribution in [3.63, 3.8) is 0 Å². The van der Waals surface area contributed by atoms with Crippen LogP contribution in [0.25, 0.3) is 0 Å². The van der Waals surface area contributed by atoms with Crippen molar-refractivity contribution in [3.05, 3.63) is 35.3 Å². The van der Waals surface area contributed by atoms with E-state index < -0.39 is 0 Å². The Hall–Kier alpha value is -1.18. The molecule has 62 valence electrons. The van der Waals surface area contributed by atoms with Gasteiger partial charge in [0.15, 0.2) is 0 Å². The van der Waals surface area contributed by atoms with Crippen molar-refractivity contribution in [1.82, 2.24) is 0 Å². The molecule has 11 heavy (non-hydrogen) atoms. The zero-order chi connectivity index (χ0) is 9.02. The van der Waals surface area contributed by atoms with Crippen LogP contribution in [0.15, 0.2) is 35.3 Å². The Kier molecular flexibility index (Phi) is 3.45. The van der Waals surface area contributed by atoms with Gasteiger partial charge in [0.05, 0.1) is 5.76 Å². The number of nitrogens with two attached hydrogens (primary N) is 1. The SMILES string of the molecule is C=C(C)/C(N)=C\C(C)=C(/C)O. The number of hydrogen-bond acceptors (Lipinski definition) is 2. The van der Waals surface area contributed by atoms with Gasteiger partial charge in [-0.15, -0.1) is 0 Å². The summed E-state index contributed by atoms with van der Waals surface area (Å²) in [5.41, 5.74) is 7.76. The van der Waals surface area contributed by atoms with Crippen LogP contribution in [0.4, 0.5) is 0 Å². The molecular formula is C9H15NO. The van der Waals surface area contributed by atoms with E-state index in [2.05, 4.69) is 6.58 Å². The Balaban J connectivity index is 4.58. The van der Waals surface area contributed by atoms with E-state index >= 15 is 0 Å². The van der Waals surface area contributed by atoms with Crippen LogP contribution in [0.2, 0.25) is 0 Å². The number of aliphatic hydroxyl groups is 1. The predicted molar refractivity (Wildman–Crippen MR) is 48.1 cm³/mol. The molecule has 2 heteroatoms. The van der Waals surface area contributed by atoms with Gasteiger partial charge in [0.1, 0.15) is 0 Å². The van der Waals surface area contributed by atoms with E-state index in [0.29, 0.717) is 5.70 Å². The minimum absolute atomic E-state index is 0.286. The maximum Gasteiger partial charge on any atom is 0.0921 e. The molecule has 0 aromatic heterocycles. The molecule has 0 aromatic carbocycles. The fraction of sp³-hybridized carbons (Fsp3) is 0.333. The van der Waals surface area contributed by atoms with Gasteiger partial charge in [-0.1, -0.05) is 6.58 Å². The lowest BCUT2D eigenvalue weighted by molar-refractivity contribution is 0.409. The van der Waals surface area contributed by atoms with Crippen LogP contribution >= 0.6 is 0 Å². The van der Waals surface area contributed by atoms with Crippen molar-refractivity contribution < 1.29 is 5.11 Å². The standard InChI is InChI=1S/C9H15NO/c1-6(2)9(10)5-7(3)8(4)11/h5,11H,1,10H2,2-4H3/b8-7+,9-5+. The van der Waals surface area contributed by atoms with Crippen molar-refractivity contribution in [1.29, 1.82) is 0 Å². The van der Waals surface area contributed by atoms with Gasteiger partial charge in [0.2, 0.25) is 0 Å². The van der Waals surface area contributed by atoms with Gasteiger partial charge >= 0.3 is 0 Å². The van der Waals surface area contributed by atoms with Crippen molar-refractivity contribution >= 4 is 0 Å². The van der Waals surface area contributed by atoms with Crippen molar-refractivity contribution in [3.8, 4) is 0 Å². The topological polar surface area (TPSA) is 46.2 Å². The molecule has 0 amide bonds. The average molecular weight is 153 g/mol. The van der Waals surface area contributed by atoms with Crippen LogP contribution in [-0.2, 0) is 0 Å². The molecule has 0 spiro atoms. The van der Waals surface area contributed by atoms with Crippen molar-refractivity contribution in [2.45, 2.75) is 20.8 Å². The molecular weight excluding hydrogens is 138 g/mol. The lowest BCUT2D eigenvalue weighted by Gasteiger charge is -2.00. The van der Waals surface area contributed by atoms with E-state index in [-0.39, 0.29) is 5.76 Å². The molecule has 0 aromatic rings. The largest absolute Gasteiger partial charge is 0.512 e. The smallest absolute Gasteiger partial charge is 0.0921 e. The third kappa shape index (κ3) is 3.50. The second kappa shape index (κ2) is 3.86. The first-order valence-electron chi connectivity index (χ1n) is 3.44. The molecule has 0 saturated carbocycles. The number of rotatable bonds is 2. The van der Waals surface area contributed by atoms with E-state index in [1.165, 1.54) is 0 Å². The van der Waals surface area contributed by atoms with Crippen LogP contribution < -0.4 is 5.73 Å². The van der Waals surface area contributed by atoms with Gasteiger partial charge in [-0.3, -0.25) is 0 Å². The first kappa shape index (κ1) is 9.82. The quantitative estimate of drug-likeness (QED) is 0.472. The Morgan fingerprint density at radius 2 is 1.82 bits per heavy atom. The third-order valence-electron chi connectivity index (χ3n) is 1.44. The summed E-state index contributed by atoms with van der Waals surface area (Å²) >= 11 is 0. The zero-order valence-electron chi connectivity index (χ0n) is 7.31. The number of allylic oxidation sites excluding steroid dienone is 4. The van der Waals surface area contributed by atoms with E-state index in [1.54, 1.807) is 19.9 Å². The van der Waals surface area contributed by atoms with E-state index in [1.807, 2.05) is 6.92 Å². The summed E-state index contributed by atoms with van der Waals surface area (Å²) in [5.74, 6) is 0.286. The molecule has 0 rings (SSSR count). The molecule has 0 aliphatic rings. The summed E-state index contributed by atoms with van der Waals surface area (Å²) in [5, 5.41) is 9.00. The molecule has 0 bridgehead atoms. The summed E-state index contributed by atoms with van der Waals surface area (Å²) in [4.78, 5) is 0. The summed E-state index contributed by atoms with van der Waals surface area (Å²) < 4.78 is 0. The van der Waals surface area contributed by atoms with Crippen LogP contribution in [0.1, 0.15) is 20.8 Å². The van der Waals surface area contributed by atoms with Crippen LogP contribution in [-0.4, -0.2) is 5.11 Å². The lowest BCUT2D eigenvalue weighted by atomic mass is 10.1. The third-order valence-corrected chi connectivity index (χ3v) is 1.44. The lowest BCUT2D eigenvalue weighted by Crippen LogP contribution is -1.98. The van der Waals surface area contributed by atoms with Crippen LogP contribution in [0, 0.1) is 0 Å². The van der Waals surface area contributed by atoms with Gasteiger partial charge in [0, 0.05) is 5.70 Å². The summed E-state index contributed by atoms with van der Waals surface area (Å²) in [6, 6.07) is 0. The monoisotopic (exact) mass is 153 g/mol. The molecule has 0 heterocycles. The van der Waals surface area contributed by atoms with Crippen LogP contribution in [0.3, 0.4) is 0 Å². The summed E-state index contributed by atoms with van der Waals surface area (Å²) in [6.45, 7) is 8.91. The fourth-order valence-electron chi connectivity index (χ4n) is 0.461.